The molecule has 74 valence electrons. The fourth-order valence-corrected chi connectivity index (χ4v) is 1.44. The Morgan fingerprint density at radius 3 is 2.14 bits per heavy atom. The Bertz CT molecular complexity index is 359. The average molecular weight is 190 g/mol. The molecule has 0 N–H and O–H groups in total. The number of rotatable bonds is 2. The minimum atomic E-state index is -0.0718. The first-order valence-corrected chi connectivity index (χ1v) is 4.54. The number of hydrogen-bond acceptors (Lipinski definition) is 2. The van der Waals surface area contributed by atoms with Crippen molar-refractivity contribution in [2.75, 3.05) is 0 Å². The van der Waals surface area contributed by atoms with Crippen LogP contribution in [0.3, 0.4) is 0 Å². The van der Waals surface area contributed by atoms with Crippen molar-refractivity contribution in [1.82, 2.24) is 0 Å². The van der Waals surface area contributed by atoms with Crippen molar-refractivity contribution in [1.29, 1.82) is 0 Å². The predicted molar refractivity (Wildman–Crippen MR) is 55.9 cm³/mol. The van der Waals surface area contributed by atoms with E-state index in [4.69, 9.17) is 0 Å². The number of hydrogen-bond donors (Lipinski definition) is 0. The Hall–Kier alpha value is -1.44. The van der Waals surface area contributed by atoms with Gasteiger partial charge in [0.1, 0.15) is 12.6 Å². The van der Waals surface area contributed by atoms with Crippen LogP contribution in [0, 0.1) is 0 Å². The average Bonchev–Trinajstić information content (AvgIpc) is 2.15. The van der Waals surface area contributed by atoms with E-state index in [1.165, 1.54) is 0 Å². The summed E-state index contributed by atoms with van der Waals surface area (Å²) in [7, 11) is 0. The molecule has 0 aliphatic heterocycles. The normalized spacial score (nSPS) is 11.1. The SMILES string of the molecule is CC(C)(C)c1ccc(C=O)cc1C=O. The molecule has 2 heteroatoms. The molecule has 0 heterocycles. The van der Waals surface area contributed by atoms with Crippen molar-refractivity contribution in [3.05, 3.63) is 34.9 Å². The zero-order valence-corrected chi connectivity index (χ0v) is 8.70. The summed E-state index contributed by atoms with van der Waals surface area (Å²) in [4.78, 5) is 21.3. The molecule has 0 saturated carbocycles. The van der Waals surface area contributed by atoms with Crippen molar-refractivity contribution in [3.8, 4) is 0 Å². The number of benzene rings is 1. The maximum absolute atomic E-state index is 10.8. The van der Waals surface area contributed by atoms with Crippen molar-refractivity contribution in [3.63, 3.8) is 0 Å². The maximum atomic E-state index is 10.8. The molecule has 0 radical (unpaired) electrons. The van der Waals surface area contributed by atoms with Crippen LogP contribution in [0.2, 0.25) is 0 Å². The summed E-state index contributed by atoms with van der Waals surface area (Å²) in [5.74, 6) is 0. The van der Waals surface area contributed by atoms with Gasteiger partial charge in [0.05, 0.1) is 0 Å². The molecule has 0 unspecified atom stereocenters. The minimum Gasteiger partial charge on any atom is -0.298 e. The van der Waals surface area contributed by atoms with Crippen molar-refractivity contribution in [2.45, 2.75) is 26.2 Å². The first kappa shape index (κ1) is 10.6. The number of carbonyl (C=O) groups excluding carboxylic acids is 2. The summed E-state index contributed by atoms with van der Waals surface area (Å²) in [6.45, 7) is 6.11. The largest absolute Gasteiger partial charge is 0.298 e. The Morgan fingerprint density at radius 1 is 1.07 bits per heavy atom. The van der Waals surface area contributed by atoms with E-state index in [2.05, 4.69) is 0 Å². The van der Waals surface area contributed by atoms with Crippen LogP contribution >= 0.6 is 0 Å². The van der Waals surface area contributed by atoms with E-state index >= 15 is 0 Å². The number of carbonyl (C=O) groups is 2. The van der Waals surface area contributed by atoms with Gasteiger partial charge in [0.2, 0.25) is 0 Å². The van der Waals surface area contributed by atoms with Gasteiger partial charge in [0, 0.05) is 11.1 Å². The van der Waals surface area contributed by atoms with Gasteiger partial charge in [-0.15, -0.1) is 0 Å². The van der Waals surface area contributed by atoms with Gasteiger partial charge in [0.25, 0.3) is 0 Å². The van der Waals surface area contributed by atoms with E-state index in [0.717, 1.165) is 18.1 Å². The fourth-order valence-electron chi connectivity index (χ4n) is 1.44. The monoisotopic (exact) mass is 190 g/mol. The Kier molecular flexibility index (Phi) is 2.84. The third-order valence-electron chi connectivity index (χ3n) is 2.15. The summed E-state index contributed by atoms with van der Waals surface area (Å²) in [6, 6.07) is 5.20. The first-order chi connectivity index (χ1) is 6.49. The Morgan fingerprint density at radius 2 is 1.71 bits per heavy atom. The van der Waals surface area contributed by atoms with Crippen LogP contribution < -0.4 is 0 Å². The molecule has 0 bridgehead atoms. The zero-order chi connectivity index (χ0) is 10.8. The highest BCUT2D eigenvalue weighted by molar-refractivity contribution is 5.83. The van der Waals surface area contributed by atoms with E-state index in [0.29, 0.717) is 11.1 Å². The van der Waals surface area contributed by atoms with Gasteiger partial charge in [-0.1, -0.05) is 32.9 Å². The van der Waals surface area contributed by atoms with Gasteiger partial charge >= 0.3 is 0 Å². The highest BCUT2D eigenvalue weighted by Crippen LogP contribution is 2.25. The summed E-state index contributed by atoms with van der Waals surface area (Å²) in [5, 5.41) is 0. The van der Waals surface area contributed by atoms with Crippen LogP contribution in [-0.4, -0.2) is 12.6 Å². The molecule has 1 rings (SSSR count). The van der Waals surface area contributed by atoms with E-state index in [1.807, 2.05) is 26.8 Å². The summed E-state index contributed by atoms with van der Waals surface area (Å²) >= 11 is 0. The van der Waals surface area contributed by atoms with Crippen LogP contribution in [-0.2, 0) is 5.41 Å². The molecule has 0 spiro atoms. The van der Waals surface area contributed by atoms with Crippen LogP contribution in [0.1, 0.15) is 47.1 Å². The summed E-state index contributed by atoms with van der Waals surface area (Å²) in [6.07, 6.45) is 1.55. The molecule has 0 aliphatic rings. The van der Waals surface area contributed by atoms with Crippen LogP contribution in [0.25, 0.3) is 0 Å². The molecule has 1 aromatic carbocycles. The molecule has 0 fully saturated rings. The molecule has 14 heavy (non-hydrogen) atoms. The molecule has 0 aromatic heterocycles. The summed E-state index contributed by atoms with van der Waals surface area (Å²) < 4.78 is 0. The van der Waals surface area contributed by atoms with E-state index in [9.17, 15) is 9.59 Å². The van der Waals surface area contributed by atoms with Gasteiger partial charge in [-0.25, -0.2) is 0 Å². The quantitative estimate of drug-likeness (QED) is 0.672. The van der Waals surface area contributed by atoms with E-state index in [-0.39, 0.29) is 5.41 Å². The van der Waals surface area contributed by atoms with Crippen LogP contribution in [0.15, 0.2) is 18.2 Å². The smallest absolute Gasteiger partial charge is 0.150 e. The molecular weight excluding hydrogens is 176 g/mol. The standard InChI is InChI=1S/C12H14O2/c1-12(2,3)11-5-4-9(7-13)6-10(11)8-14/h4-8H,1-3H3. The second kappa shape index (κ2) is 3.74. The van der Waals surface area contributed by atoms with Crippen LogP contribution in [0.5, 0.6) is 0 Å². The molecular formula is C12H14O2. The van der Waals surface area contributed by atoms with Gasteiger partial charge < -0.3 is 0 Å². The maximum Gasteiger partial charge on any atom is 0.150 e. The van der Waals surface area contributed by atoms with E-state index < -0.39 is 0 Å². The number of aldehydes is 2. The van der Waals surface area contributed by atoms with Gasteiger partial charge in [-0.2, -0.15) is 0 Å². The van der Waals surface area contributed by atoms with Gasteiger partial charge in [0.15, 0.2) is 0 Å². The highest BCUT2D eigenvalue weighted by Gasteiger charge is 2.17. The molecule has 0 aliphatic carbocycles. The van der Waals surface area contributed by atoms with Crippen molar-refractivity contribution < 1.29 is 9.59 Å². The van der Waals surface area contributed by atoms with Crippen LogP contribution in [0.4, 0.5) is 0 Å². The van der Waals surface area contributed by atoms with Crippen molar-refractivity contribution in [2.24, 2.45) is 0 Å². The lowest BCUT2D eigenvalue weighted by Gasteiger charge is -2.20. The molecule has 0 amide bonds. The molecule has 0 atom stereocenters. The first-order valence-electron chi connectivity index (χ1n) is 4.54. The third-order valence-corrected chi connectivity index (χ3v) is 2.15. The molecule has 2 nitrogen and oxygen atoms in total. The Balaban J connectivity index is 3.32. The lowest BCUT2D eigenvalue weighted by molar-refractivity contribution is 0.112. The fraction of sp³-hybridized carbons (Fsp3) is 0.333. The van der Waals surface area contributed by atoms with E-state index in [1.54, 1.807) is 12.1 Å². The zero-order valence-electron chi connectivity index (χ0n) is 8.70. The Labute approximate surface area is 83.9 Å². The lowest BCUT2D eigenvalue weighted by atomic mass is 9.83. The van der Waals surface area contributed by atoms with Gasteiger partial charge in [-0.05, 0) is 17.0 Å². The summed E-state index contributed by atoms with van der Waals surface area (Å²) in [5.41, 5.74) is 2.04. The van der Waals surface area contributed by atoms with Crippen molar-refractivity contribution >= 4 is 12.6 Å². The third kappa shape index (κ3) is 2.08. The topological polar surface area (TPSA) is 34.1 Å². The lowest BCUT2D eigenvalue weighted by Crippen LogP contribution is -2.14. The second-order valence-corrected chi connectivity index (χ2v) is 4.33. The minimum absolute atomic E-state index is 0.0718. The second-order valence-electron chi connectivity index (χ2n) is 4.33. The van der Waals surface area contributed by atoms with Gasteiger partial charge in [-0.3, -0.25) is 9.59 Å². The predicted octanol–water partition coefficient (Wildman–Crippen LogP) is 2.61. The molecule has 0 saturated heterocycles. The molecule has 1 aromatic rings. The highest BCUT2D eigenvalue weighted by atomic mass is 16.1.